The zero-order valence-corrected chi connectivity index (χ0v) is 18.0. The van der Waals surface area contributed by atoms with Crippen LogP contribution in [0.3, 0.4) is 0 Å². The Balaban J connectivity index is 0.000000161. The van der Waals surface area contributed by atoms with Gasteiger partial charge in [-0.25, -0.2) is 0 Å². The lowest BCUT2D eigenvalue weighted by atomic mass is 9.65. The highest BCUT2D eigenvalue weighted by Gasteiger charge is 2.42. The summed E-state index contributed by atoms with van der Waals surface area (Å²) < 4.78 is 10.4. The zero-order valence-electron chi connectivity index (χ0n) is 18.0. The van der Waals surface area contributed by atoms with Crippen LogP contribution in [0, 0.1) is 22.7 Å². The molecular weight excluding hydrogens is 352 g/mol. The molecule has 156 valence electrons. The third-order valence-electron chi connectivity index (χ3n) is 7.76. The Kier molecular flexibility index (Phi) is 6.36. The first kappa shape index (κ1) is 21.1. The van der Waals surface area contributed by atoms with Gasteiger partial charge in [-0.3, -0.25) is 9.59 Å². The van der Waals surface area contributed by atoms with Crippen LogP contribution in [0.4, 0.5) is 0 Å². The van der Waals surface area contributed by atoms with Crippen LogP contribution >= 0.6 is 0 Å². The third kappa shape index (κ3) is 4.52. The molecule has 4 rings (SSSR count). The summed E-state index contributed by atoms with van der Waals surface area (Å²) in [5, 5.41) is 0. The lowest BCUT2D eigenvalue weighted by molar-refractivity contribution is -0.158. The molecule has 2 spiro atoms. The summed E-state index contributed by atoms with van der Waals surface area (Å²) in [5.74, 6) is 1.27. The van der Waals surface area contributed by atoms with Crippen LogP contribution in [-0.2, 0) is 19.1 Å². The molecule has 0 amide bonds. The van der Waals surface area contributed by atoms with Gasteiger partial charge in [0.25, 0.3) is 0 Å². The number of cyclic esters (lactones) is 2. The van der Waals surface area contributed by atoms with E-state index in [-0.39, 0.29) is 22.8 Å². The average molecular weight is 389 g/mol. The lowest BCUT2D eigenvalue weighted by Crippen LogP contribution is -2.40. The van der Waals surface area contributed by atoms with Crippen molar-refractivity contribution in [3.63, 3.8) is 0 Å². The molecule has 0 aromatic rings. The van der Waals surface area contributed by atoms with E-state index in [1.807, 2.05) is 0 Å². The molecule has 2 aliphatic heterocycles. The van der Waals surface area contributed by atoms with Crippen molar-refractivity contribution >= 4 is 11.9 Å². The van der Waals surface area contributed by atoms with E-state index in [2.05, 4.69) is 39.8 Å². The van der Waals surface area contributed by atoms with Crippen LogP contribution in [0.5, 0.6) is 0 Å². The van der Waals surface area contributed by atoms with Crippen LogP contribution in [0.25, 0.3) is 0 Å². The minimum atomic E-state index is -0.0194. The first-order valence-corrected chi connectivity index (χ1v) is 10.9. The highest BCUT2D eigenvalue weighted by atomic mass is 16.5. The molecule has 4 atom stereocenters. The zero-order chi connectivity index (χ0) is 20.4. The second kappa shape index (κ2) is 8.42. The van der Waals surface area contributed by atoms with Crippen molar-refractivity contribution in [2.45, 2.75) is 79.1 Å². The molecule has 2 heterocycles. The molecule has 4 nitrogen and oxygen atoms in total. The molecule has 0 N–H and O–H groups in total. The Morgan fingerprint density at radius 3 is 1.46 bits per heavy atom. The largest absolute Gasteiger partial charge is 0.465 e. The number of rotatable bonds is 0. The van der Waals surface area contributed by atoms with Gasteiger partial charge in [0.1, 0.15) is 0 Å². The predicted molar refractivity (Wildman–Crippen MR) is 110 cm³/mol. The van der Waals surface area contributed by atoms with E-state index in [4.69, 9.17) is 9.47 Å². The maximum atomic E-state index is 11.0. The number of allylic oxidation sites excluding steroid dienone is 4. The number of hydrogen-bond donors (Lipinski definition) is 0. The standard InChI is InChI=1S/2C12H18O2/c2*1-9-3-5-12(10(2)7-9)6-4-11(13)14-8-12/h2*3,10H,4-8H2,1-2H3/t2*10-,12?/m10/s1. The molecule has 0 aromatic carbocycles. The second-order valence-corrected chi connectivity index (χ2v) is 9.77. The summed E-state index contributed by atoms with van der Waals surface area (Å²) >= 11 is 0. The Morgan fingerprint density at radius 1 is 0.786 bits per heavy atom. The number of hydrogen-bond acceptors (Lipinski definition) is 4. The third-order valence-corrected chi connectivity index (χ3v) is 7.76. The molecule has 4 heteroatoms. The van der Waals surface area contributed by atoms with Gasteiger partial charge in [-0.05, 0) is 64.2 Å². The SMILES string of the molecule is CC1=CCC2(CCC(=O)OC2)[C@@H](C)C1.CC1=CCC2(CCC(=O)OC2)[C@H](C)C1. The Labute approximate surface area is 169 Å². The van der Waals surface area contributed by atoms with Crippen LogP contribution in [0.2, 0.25) is 0 Å². The molecule has 2 fully saturated rings. The smallest absolute Gasteiger partial charge is 0.305 e. The molecule has 2 saturated heterocycles. The summed E-state index contributed by atoms with van der Waals surface area (Å²) in [6.45, 7) is 10.2. The molecule has 28 heavy (non-hydrogen) atoms. The van der Waals surface area contributed by atoms with E-state index < -0.39 is 0 Å². The van der Waals surface area contributed by atoms with Crippen molar-refractivity contribution in [1.29, 1.82) is 0 Å². The van der Waals surface area contributed by atoms with Crippen molar-refractivity contribution in [3.8, 4) is 0 Å². The van der Waals surface area contributed by atoms with E-state index in [1.54, 1.807) is 0 Å². The molecule has 4 aliphatic rings. The molecular formula is C24H36O4. The van der Waals surface area contributed by atoms with Gasteiger partial charge in [0, 0.05) is 23.7 Å². The van der Waals surface area contributed by atoms with E-state index >= 15 is 0 Å². The predicted octanol–water partition coefficient (Wildman–Crippen LogP) is 5.37. The fourth-order valence-corrected chi connectivity index (χ4v) is 5.26. The minimum absolute atomic E-state index is 0.0194. The normalized spacial score (nSPS) is 38.0. The number of ether oxygens (including phenoxy) is 2. The van der Waals surface area contributed by atoms with E-state index in [0.29, 0.717) is 37.9 Å². The molecule has 2 unspecified atom stereocenters. The van der Waals surface area contributed by atoms with Gasteiger partial charge in [-0.15, -0.1) is 0 Å². The maximum absolute atomic E-state index is 11.0. The van der Waals surface area contributed by atoms with Gasteiger partial charge in [0.05, 0.1) is 13.2 Å². The van der Waals surface area contributed by atoms with Gasteiger partial charge in [0.15, 0.2) is 0 Å². The summed E-state index contributed by atoms with van der Waals surface area (Å²) in [6, 6.07) is 0. The maximum Gasteiger partial charge on any atom is 0.305 e. The van der Waals surface area contributed by atoms with E-state index in [9.17, 15) is 9.59 Å². The van der Waals surface area contributed by atoms with Gasteiger partial charge >= 0.3 is 11.9 Å². The van der Waals surface area contributed by atoms with Gasteiger partial charge in [-0.1, -0.05) is 37.1 Å². The van der Waals surface area contributed by atoms with Gasteiger partial charge < -0.3 is 9.47 Å². The fraction of sp³-hybridized carbons (Fsp3) is 0.750. The first-order valence-electron chi connectivity index (χ1n) is 10.9. The molecule has 0 bridgehead atoms. The first-order chi connectivity index (χ1) is 13.2. The molecule has 0 saturated carbocycles. The van der Waals surface area contributed by atoms with E-state index in [1.165, 1.54) is 11.1 Å². The monoisotopic (exact) mass is 388 g/mol. The average Bonchev–Trinajstić information content (AvgIpc) is 2.67. The topological polar surface area (TPSA) is 52.6 Å². The van der Waals surface area contributed by atoms with Crippen molar-refractivity contribution in [2.75, 3.05) is 13.2 Å². The number of carbonyl (C=O) groups is 2. The van der Waals surface area contributed by atoms with Crippen LogP contribution in [-0.4, -0.2) is 25.2 Å². The second-order valence-electron chi connectivity index (χ2n) is 9.77. The Hall–Kier alpha value is -1.58. The molecule has 2 aliphatic carbocycles. The van der Waals surface area contributed by atoms with Crippen molar-refractivity contribution in [3.05, 3.63) is 23.3 Å². The van der Waals surface area contributed by atoms with Crippen molar-refractivity contribution in [2.24, 2.45) is 22.7 Å². The molecule has 0 radical (unpaired) electrons. The number of carbonyl (C=O) groups excluding carboxylic acids is 2. The lowest BCUT2D eigenvalue weighted by Gasteiger charge is -2.43. The summed E-state index contributed by atoms with van der Waals surface area (Å²) in [4.78, 5) is 22.0. The van der Waals surface area contributed by atoms with Crippen LogP contribution < -0.4 is 0 Å². The summed E-state index contributed by atoms with van der Waals surface area (Å²) in [6.07, 6.45) is 12.4. The van der Waals surface area contributed by atoms with Crippen LogP contribution in [0.1, 0.15) is 79.1 Å². The van der Waals surface area contributed by atoms with Gasteiger partial charge in [-0.2, -0.15) is 0 Å². The fourth-order valence-electron chi connectivity index (χ4n) is 5.26. The van der Waals surface area contributed by atoms with Gasteiger partial charge in [0.2, 0.25) is 0 Å². The highest BCUT2D eigenvalue weighted by molar-refractivity contribution is 5.70. The molecule has 0 aromatic heterocycles. The Morgan fingerprint density at radius 2 is 1.18 bits per heavy atom. The minimum Gasteiger partial charge on any atom is -0.465 e. The highest BCUT2D eigenvalue weighted by Crippen LogP contribution is 2.47. The summed E-state index contributed by atoms with van der Waals surface area (Å²) in [7, 11) is 0. The number of esters is 2. The van der Waals surface area contributed by atoms with Crippen molar-refractivity contribution in [1.82, 2.24) is 0 Å². The quantitative estimate of drug-likeness (QED) is 0.413. The Bertz CT molecular complexity index is 594. The van der Waals surface area contributed by atoms with Crippen molar-refractivity contribution < 1.29 is 19.1 Å². The van der Waals surface area contributed by atoms with E-state index in [0.717, 1.165) is 38.5 Å². The summed E-state index contributed by atoms with van der Waals surface area (Å²) in [5.41, 5.74) is 3.49. The van der Waals surface area contributed by atoms with Crippen LogP contribution in [0.15, 0.2) is 23.3 Å².